The van der Waals surface area contributed by atoms with Crippen molar-refractivity contribution in [3.63, 3.8) is 0 Å². The predicted octanol–water partition coefficient (Wildman–Crippen LogP) is 1.33. The van der Waals surface area contributed by atoms with Crippen molar-refractivity contribution < 1.29 is 19.4 Å². The van der Waals surface area contributed by atoms with Gasteiger partial charge in [-0.15, -0.1) is 0 Å². The summed E-state index contributed by atoms with van der Waals surface area (Å²) in [5.41, 5.74) is 1.07. The van der Waals surface area contributed by atoms with Crippen molar-refractivity contribution in [1.29, 1.82) is 0 Å². The molecule has 1 fully saturated rings. The van der Waals surface area contributed by atoms with Gasteiger partial charge in [-0.3, -0.25) is 4.79 Å². The molecule has 1 atom stereocenters. The van der Waals surface area contributed by atoms with Gasteiger partial charge in [0, 0.05) is 19.5 Å². The van der Waals surface area contributed by atoms with Crippen LogP contribution in [0.1, 0.15) is 24.8 Å². The zero-order valence-electron chi connectivity index (χ0n) is 11.4. The van der Waals surface area contributed by atoms with Crippen LogP contribution in [-0.4, -0.2) is 41.9 Å². The van der Waals surface area contributed by atoms with Crippen LogP contribution in [0.15, 0.2) is 18.2 Å². The summed E-state index contributed by atoms with van der Waals surface area (Å²) in [6.45, 7) is 1.50. The fourth-order valence-corrected chi connectivity index (χ4v) is 2.69. The molecular weight excluding hydrogens is 258 g/mol. The second-order valence-corrected chi connectivity index (χ2v) is 5.32. The third-order valence-electron chi connectivity index (χ3n) is 3.81. The number of ether oxygens (including phenoxy) is 2. The molecule has 1 aromatic carbocycles. The number of amides is 1. The maximum atomic E-state index is 12.1. The van der Waals surface area contributed by atoms with Crippen LogP contribution < -0.4 is 9.47 Å². The summed E-state index contributed by atoms with van der Waals surface area (Å²) >= 11 is 0. The largest absolute Gasteiger partial charge is 0.454 e. The van der Waals surface area contributed by atoms with E-state index in [1.54, 1.807) is 4.90 Å². The molecule has 0 unspecified atom stereocenters. The van der Waals surface area contributed by atoms with Crippen LogP contribution in [0.25, 0.3) is 0 Å². The van der Waals surface area contributed by atoms with Crippen molar-refractivity contribution in [3.8, 4) is 11.5 Å². The number of piperidine rings is 1. The molecule has 0 aliphatic carbocycles. The zero-order valence-corrected chi connectivity index (χ0v) is 11.4. The first-order valence-corrected chi connectivity index (χ1v) is 7.07. The number of aryl methyl sites for hydroxylation is 1. The molecule has 5 heteroatoms. The van der Waals surface area contributed by atoms with E-state index < -0.39 is 0 Å². The fraction of sp³-hybridized carbons (Fsp3) is 0.533. The van der Waals surface area contributed by atoms with E-state index in [0.29, 0.717) is 19.4 Å². The molecule has 1 N–H and O–H groups in total. The number of carbonyl (C=O) groups is 1. The molecule has 5 nitrogen and oxygen atoms in total. The number of aliphatic hydroxyl groups excluding tert-OH is 1. The second-order valence-electron chi connectivity index (χ2n) is 5.32. The van der Waals surface area contributed by atoms with Gasteiger partial charge in [-0.2, -0.15) is 0 Å². The van der Waals surface area contributed by atoms with Gasteiger partial charge in [0.25, 0.3) is 0 Å². The molecule has 2 aliphatic rings. The van der Waals surface area contributed by atoms with E-state index in [2.05, 4.69) is 0 Å². The number of hydrogen-bond acceptors (Lipinski definition) is 4. The first kappa shape index (κ1) is 13.2. The van der Waals surface area contributed by atoms with Crippen LogP contribution in [-0.2, 0) is 11.2 Å². The lowest BCUT2D eigenvalue weighted by Gasteiger charge is -2.30. The summed E-state index contributed by atoms with van der Waals surface area (Å²) in [7, 11) is 0. The number of hydrogen-bond donors (Lipinski definition) is 1. The average molecular weight is 277 g/mol. The number of carbonyl (C=O) groups excluding carboxylic acids is 1. The van der Waals surface area contributed by atoms with Gasteiger partial charge in [-0.05, 0) is 37.0 Å². The molecule has 3 rings (SSSR count). The summed E-state index contributed by atoms with van der Waals surface area (Å²) < 4.78 is 10.6. The van der Waals surface area contributed by atoms with E-state index in [1.807, 2.05) is 18.2 Å². The molecule has 0 bridgehead atoms. The lowest BCUT2D eigenvalue weighted by atomic mass is 10.1. The first-order chi connectivity index (χ1) is 9.72. The predicted molar refractivity (Wildman–Crippen MR) is 72.7 cm³/mol. The molecule has 1 amide bonds. The number of aliphatic hydroxyl groups is 1. The molecule has 2 aliphatic heterocycles. The molecular formula is C15H19NO4. The van der Waals surface area contributed by atoms with Gasteiger partial charge >= 0.3 is 0 Å². The Labute approximate surface area is 118 Å². The van der Waals surface area contributed by atoms with Gasteiger partial charge < -0.3 is 19.5 Å². The van der Waals surface area contributed by atoms with Gasteiger partial charge in [0.1, 0.15) is 0 Å². The zero-order chi connectivity index (χ0) is 13.9. The number of benzene rings is 1. The smallest absolute Gasteiger partial charge is 0.231 e. The van der Waals surface area contributed by atoms with E-state index in [4.69, 9.17) is 9.47 Å². The van der Waals surface area contributed by atoms with Gasteiger partial charge in [0.15, 0.2) is 11.5 Å². The lowest BCUT2D eigenvalue weighted by Crippen LogP contribution is -2.42. The van der Waals surface area contributed by atoms with Crippen molar-refractivity contribution >= 4 is 5.91 Å². The van der Waals surface area contributed by atoms with Crippen LogP contribution in [0.5, 0.6) is 11.5 Å². The van der Waals surface area contributed by atoms with E-state index in [1.165, 1.54) is 0 Å². The Hall–Kier alpha value is -1.75. The molecule has 0 aromatic heterocycles. The molecule has 0 radical (unpaired) electrons. The highest BCUT2D eigenvalue weighted by molar-refractivity contribution is 5.76. The normalized spacial score (nSPS) is 21.1. The first-order valence-electron chi connectivity index (χ1n) is 7.07. The number of fused-ring (bicyclic) bond motifs is 1. The van der Waals surface area contributed by atoms with Crippen molar-refractivity contribution in [1.82, 2.24) is 4.90 Å². The van der Waals surface area contributed by atoms with E-state index in [-0.39, 0.29) is 18.8 Å². The fourth-order valence-electron chi connectivity index (χ4n) is 2.69. The van der Waals surface area contributed by atoms with Crippen molar-refractivity contribution in [2.75, 3.05) is 19.9 Å². The van der Waals surface area contributed by atoms with Crippen molar-refractivity contribution in [2.24, 2.45) is 0 Å². The molecule has 0 saturated carbocycles. The minimum absolute atomic E-state index is 0.112. The molecule has 108 valence electrons. The monoisotopic (exact) mass is 277 g/mol. The topological polar surface area (TPSA) is 59.0 Å². The Kier molecular flexibility index (Phi) is 3.78. The third kappa shape index (κ3) is 2.88. The Morgan fingerprint density at radius 3 is 3.05 bits per heavy atom. The summed E-state index contributed by atoms with van der Waals surface area (Å²) in [6.07, 6.45) is 2.47. The molecule has 20 heavy (non-hydrogen) atoms. The van der Waals surface area contributed by atoms with Crippen LogP contribution in [0, 0.1) is 0 Å². The summed E-state index contributed by atoms with van der Waals surface area (Å²) in [4.78, 5) is 13.9. The number of β-amino-alcohol motifs (C(OH)–C–C–N with tert-alkyl or cyclic N) is 1. The summed E-state index contributed by atoms with van der Waals surface area (Å²) in [5.74, 6) is 1.63. The minimum Gasteiger partial charge on any atom is -0.454 e. The number of nitrogens with zero attached hydrogens (tertiary/aromatic N) is 1. The SMILES string of the molecule is O=C(CCc1ccc2c(c1)OCO2)N1CCC[C@H](O)C1. The van der Waals surface area contributed by atoms with Crippen LogP contribution >= 0.6 is 0 Å². The maximum Gasteiger partial charge on any atom is 0.231 e. The maximum absolute atomic E-state index is 12.1. The van der Waals surface area contributed by atoms with Crippen LogP contribution in [0.4, 0.5) is 0 Å². The lowest BCUT2D eigenvalue weighted by molar-refractivity contribution is -0.134. The molecule has 0 spiro atoms. The van der Waals surface area contributed by atoms with Crippen LogP contribution in [0.3, 0.4) is 0 Å². The van der Waals surface area contributed by atoms with Crippen molar-refractivity contribution in [2.45, 2.75) is 31.8 Å². The third-order valence-corrected chi connectivity index (χ3v) is 3.81. The summed E-state index contributed by atoms with van der Waals surface area (Å²) in [6, 6.07) is 5.78. The van der Waals surface area contributed by atoms with Crippen LogP contribution in [0.2, 0.25) is 0 Å². The molecule has 1 saturated heterocycles. The highest BCUT2D eigenvalue weighted by atomic mass is 16.7. The van der Waals surface area contributed by atoms with Gasteiger partial charge in [-0.25, -0.2) is 0 Å². The van der Waals surface area contributed by atoms with Gasteiger partial charge in [0.05, 0.1) is 6.10 Å². The minimum atomic E-state index is -0.363. The Balaban J connectivity index is 1.55. The number of rotatable bonds is 3. The molecule has 1 aromatic rings. The number of likely N-dealkylation sites (tertiary alicyclic amines) is 1. The Bertz CT molecular complexity index is 503. The highest BCUT2D eigenvalue weighted by Gasteiger charge is 2.22. The quantitative estimate of drug-likeness (QED) is 0.905. The van der Waals surface area contributed by atoms with Gasteiger partial charge in [-0.1, -0.05) is 6.07 Å². The summed E-state index contributed by atoms with van der Waals surface area (Å²) in [5, 5.41) is 9.60. The second kappa shape index (κ2) is 5.71. The average Bonchev–Trinajstić information content (AvgIpc) is 2.92. The van der Waals surface area contributed by atoms with Crippen molar-refractivity contribution in [3.05, 3.63) is 23.8 Å². The van der Waals surface area contributed by atoms with Gasteiger partial charge in [0.2, 0.25) is 12.7 Å². The van der Waals surface area contributed by atoms with E-state index in [0.717, 1.165) is 36.4 Å². The Morgan fingerprint density at radius 1 is 1.35 bits per heavy atom. The Morgan fingerprint density at radius 2 is 2.20 bits per heavy atom. The highest BCUT2D eigenvalue weighted by Crippen LogP contribution is 2.32. The van der Waals surface area contributed by atoms with E-state index >= 15 is 0 Å². The molecule has 2 heterocycles. The van der Waals surface area contributed by atoms with E-state index in [9.17, 15) is 9.90 Å². The standard InChI is InChI=1S/C15H19NO4/c17-12-2-1-7-16(9-12)15(18)6-4-11-3-5-13-14(8-11)20-10-19-13/h3,5,8,12,17H,1-2,4,6-7,9-10H2/t12-/m0/s1.